The number of allylic oxidation sites excluding steroid dienone is 4. The number of nitrogens with one attached hydrogen (secondary N) is 1. The molecule has 3 N–H and O–H groups in total. The molecule has 0 aliphatic heterocycles. The Morgan fingerprint density at radius 3 is 2.63 bits per heavy atom. The molecule has 3 saturated carbocycles. The van der Waals surface area contributed by atoms with E-state index in [9.17, 15) is 19.8 Å². The van der Waals surface area contributed by atoms with E-state index in [1.807, 2.05) is 44.2 Å². The van der Waals surface area contributed by atoms with E-state index in [4.69, 9.17) is 0 Å². The summed E-state index contributed by atoms with van der Waals surface area (Å²) in [6, 6.07) is 9.83. The van der Waals surface area contributed by atoms with Gasteiger partial charge in [-0.05, 0) is 68.6 Å². The van der Waals surface area contributed by atoms with Crippen molar-refractivity contribution in [1.82, 2.24) is 5.32 Å². The summed E-state index contributed by atoms with van der Waals surface area (Å²) in [7, 11) is 0. The van der Waals surface area contributed by atoms with Crippen LogP contribution in [0.2, 0.25) is 0 Å². The number of alkyl halides is 1. The Morgan fingerprint density at radius 1 is 1.20 bits per heavy atom. The lowest BCUT2D eigenvalue weighted by Crippen LogP contribution is -2.70. The maximum absolute atomic E-state index is 17.2. The van der Waals surface area contributed by atoms with Crippen LogP contribution in [0, 0.1) is 28.6 Å². The summed E-state index contributed by atoms with van der Waals surface area (Å²) in [5.41, 5.74) is -3.89. The maximum Gasteiger partial charge on any atom is 0.252 e. The van der Waals surface area contributed by atoms with Crippen LogP contribution in [0.1, 0.15) is 52.0 Å². The predicted octanol–water partition coefficient (Wildman–Crippen LogP) is 3.69. The number of hydrogen-bond donors (Lipinski definition) is 3. The van der Waals surface area contributed by atoms with Gasteiger partial charge in [0.2, 0.25) is 0 Å². The van der Waals surface area contributed by atoms with Crippen molar-refractivity contribution in [3.63, 3.8) is 0 Å². The van der Waals surface area contributed by atoms with Crippen molar-refractivity contribution in [2.24, 2.45) is 28.6 Å². The minimum absolute atomic E-state index is 0.0116. The highest BCUT2D eigenvalue weighted by atomic mass is 19.1. The molecule has 0 radical (unpaired) electrons. The second kappa shape index (κ2) is 8.10. The van der Waals surface area contributed by atoms with Crippen molar-refractivity contribution in [3.05, 3.63) is 59.7 Å². The van der Waals surface area contributed by atoms with Gasteiger partial charge in [0.25, 0.3) is 5.91 Å². The quantitative estimate of drug-likeness (QED) is 0.612. The number of rotatable bonds is 4. The summed E-state index contributed by atoms with van der Waals surface area (Å²) in [5.74, 6) is -1.75. The number of aliphatic hydroxyl groups excluding tert-OH is 1. The fourth-order valence-corrected chi connectivity index (χ4v) is 8.13. The number of hydrogen-bond acceptors (Lipinski definition) is 4. The molecule has 188 valence electrons. The molecule has 4 aliphatic carbocycles. The summed E-state index contributed by atoms with van der Waals surface area (Å²) in [4.78, 5) is 25.5. The number of amides is 1. The van der Waals surface area contributed by atoms with Crippen molar-refractivity contribution in [2.75, 3.05) is 6.54 Å². The zero-order valence-corrected chi connectivity index (χ0v) is 20.8. The minimum Gasteiger partial charge on any atom is -0.390 e. The molecular weight excluding hydrogens is 445 g/mol. The predicted molar refractivity (Wildman–Crippen MR) is 131 cm³/mol. The molecule has 0 aromatic heterocycles. The fourth-order valence-electron chi connectivity index (χ4n) is 8.13. The first-order chi connectivity index (χ1) is 16.5. The Bertz CT molecular complexity index is 1100. The average Bonchev–Trinajstić information content (AvgIpc) is 3.02. The van der Waals surface area contributed by atoms with Crippen LogP contribution in [0.25, 0.3) is 0 Å². The van der Waals surface area contributed by atoms with Crippen LogP contribution in [-0.2, 0) is 16.0 Å². The molecule has 0 spiro atoms. The lowest BCUT2D eigenvalue weighted by atomic mass is 9.44. The molecule has 35 heavy (non-hydrogen) atoms. The third kappa shape index (κ3) is 3.18. The van der Waals surface area contributed by atoms with E-state index in [0.717, 1.165) is 11.1 Å². The zero-order valence-electron chi connectivity index (χ0n) is 20.8. The van der Waals surface area contributed by atoms with Crippen LogP contribution >= 0.6 is 0 Å². The monoisotopic (exact) mass is 481 g/mol. The second-order valence-corrected chi connectivity index (χ2v) is 11.7. The van der Waals surface area contributed by atoms with Crippen LogP contribution in [-0.4, -0.2) is 45.8 Å². The smallest absolute Gasteiger partial charge is 0.252 e. The number of benzene rings is 1. The van der Waals surface area contributed by atoms with E-state index in [0.29, 0.717) is 32.2 Å². The molecule has 1 amide bonds. The highest BCUT2D eigenvalue weighted by molar-refractivity contribution is 6.01. The molecular formula is C29H36FNO4. The first-order valence-corrected chi connectivity index (χ1v) is 12.8. The largest absolute Gasteiger partial charge is 0.390 e. The Balaban J connectivity index is 1.43. The third-order valence-corrected chi connectivity index (χ3v) is 10.1. The Morgan fingerprint density at radius 2 is 1.91 bits per heavy atom. The summed E-state index contributed by atoms with van der Waals surface area (Å²) in [6.07, 6.45) is 5.38. The van der Waals surface area contributed by atoms with E-state index in [-0.39, 0.29) is 24.0 Å². The lowest BCUT2D eigenvalue weighted by Gasteiger charge is -2.62. The first kappa shape index (κ1) is 24.4. The number of fused-ring (bicyclic) bond motifs is 5. The molecule has 0 heterocycles. The van der Waals surface area contributed by atoms with E-state index >= 15 is 4.39 Å². The van der Waals surface area contributed by atoms with Gasteiger partial charge in [0.1, 0.15) is 0 Å². The van der Waals surface area contributed by atoms with Gasteiger partial charge >= 0.3 is 0 Å². The molecule has 0 bridgehead atoms. The van der Waals surface area contributed by atoms with Crippen molar-refractivity contribution < 1.29 is 24.2 Å². The minimum atomic E-state index is -1.97. The molecule has 4 aliphatic rings. The second-order valence-electron chi connectivity index (χ2n) is 11.7. The molecule has 6 heteroatoms. The summed E-state index contributed by atoms with van der Waals surface area (Å²) >= 11 is 0. The number of ketones is 1. The maximum atomic E-state index is 17.2. The standard InChI is InChI=1S/C29H36FNO4/c1-18-15-23-22-10-9-20-16-21(32)11-13-26(20,2)28(22,30)24(33)17-27(23,3)29(18,35)25(34)31-14-12-19-7-5-4-6-8-19/h4-8,11,13,16,18,22-24,33,35H,9-10,12,14-15,17H2,1-3H3,(H,31,34)/t18-,22+,23+,24+,26+,27+,28+,29+/m1/s1. The Labute approximate surface area is 206 Å². The van der Waals surface area contributed by atoms with E-state index < -0.39 is 40.0 Å². The summed E-state index contributed by atoms with van der Waals surface area (Å²) < 4.78 is 17.2. The molecule has 1 aromatic rings. The third-order valence-electron chi connectivity index (χ3n) is 10.1. The van der Waals surface area contributed by atoms with Gasteiger partial charge in [0.05, 0.1) is 6.10 Å². The van der Waals surface area contributed by atoms with Crippen LogP contribution in [0.5, 0.6) is 0 Å². The van der Waals surface area contributed by atoms with Gasteiger partial charge < -0.3 is 15.5 Å². The molecule has 0 saturated heterocycles. The molecule has 8 atom stereocenters. The van der Waals surface area contributed by atoms with Gasteiger partial charge in [-0.1, -0.05) is 55.8 Å². The topological polar surface area (TPSA) is 86.6 Å². The molecule has 5 rings (SSSR count). The van der Waals surface area contributed by atoms with Gasteiger partial charge in [-0.15, -0.1) is 0 Å². The van der Waals surface area contributed by atoms with Crippen molar-refractivity contribution in [2.45, 2.75) is 70.2 Å². The molecule has 0 unspecified atom stereocenters. The summed E-state index contributed by atoms with van der Waals surface area (Å²) in [5, 5.41) is 26.3. The normalized spacial score (nSPS) is 44.2. The number of carbonyl (C=O) groups is 2. The van der Waals surface area contributed by atoms with Gasteiger partial charge in [0, 0.05) is 23.3 Å². The molecule has 5 nitrogen and oxygen atoms in total. The Kier molecular flexibility index (Phi) is 5.65. The van der Waals surface area contributed by atoms with E-state index in [1.54, 1.807) is 13.0 Å². The van der Waals surface area contributed by atoms with Gasteiger partial charge in [-0.25, -0.2) is 4.39 Å². The highest BCUT2D eigenvalue weighted by Gasteiger charge is 2.75. The lowest BCUT2D eigenvalue weighted by molar-refractivity contribution is -0.219. The number of aliphatic hydroxyl groups is 2. The fraction of sp³-hybridized carbons (Fsp3) is 0.586. The van der Waals surface area contributed by atoms with E-state index in [1.165, 1.54) is 12.2 Å². The van der Waals surface area contributed by atoms with Gasteiger partial charge in [-0.3, -0.25) is 9.59 Å². The molecule has 3 fully saturated rings. The van der Waals surface area contributed by atoms with E-state index in [2.05, 4.69) is 5.32 Å². The average molecular weight is 482 g/mol. The van der Waals surface area contributed by atoms with Crippen molar-refractivity contribution in [3.8, 4) is 0 Å². The van der Waals surface area contributed by atoms with Crippen LogP contribution in [0.4, 0.5) is 4.39 Å². The van der Waals surface area contributed by atoms with Crippen LogP contribution in [0.3, 0.4) is 0 Å². The first-order valence-electron chi connectivity index (χ1n) is 12.8. The Hall–Kier alpha value is -2.31. The van der Waals surface area contributed by atoms with Crippen molar-refractivity contribution in [1.29, 1.82) is 0 Å². The van der Waals surface area contributed by atoms with Gasteiger partial charge in [-0.2, -0.15) is 0 Å². The van der Waals surface area contributed by atoms with Gasteiger partial charge in [0.15, 0.2) is 17.1 Å². The number of carbonyl (C=O) groups excluding carboxylic acids is 2. The number of halogens is 1. The molecule has 1 aromatic carbocycles. The zero-order chi connectivity index (χ0) is 25.2. The van der Waals surface area contributed by atoms with Crippen molar-refractivity contribution >= 4 is 11.7 Å². The SMILES string of the molecule is C[C@@H]1C[C@H]2[C@@H]3CCC4=CC(=O)C=C[C@]4(C)[C@@]3(F)[C@@H](O)C[C@]2(C)[C@@]1(O)C(=O)NCCc1ccccc1. The van der Waals surface area contributed by atoms with Crippen LogP contribution < -0.4 is 5.32 Å². The highest BCUT2D eigenvalue weighted by Crippen LogP contribution is 2.70. The summed E-state index contributed by atoms with van der Waals surface area (Å²) in [6.45, 7) is 5.89. The van der Waals surface area contributed by atoms with Crippen LogP contribution in [0.15, 0.2) is 54.1 Å².